The number of nitrogens with two attached hydrogens (primary N) is 1. The normalized spacial score (nSPS) is 10.7. The molecule has 0 radical (unpaired) electrons. The standard InChI is InChI=1S/C13H24N4O2/c1-4-8-19-9-6-7-15-13(18)12-11(14)10(5-2)16-17(12)3/h4-9,14H2,1-3H3,(H,15,18). The molecular formula is C13H24N4O2. The number of ether oxygens (including phenoxy) is 1. The zero-order valence-electron chi connectivity index (χ0n) is 12.0. The molecular weight excluding hydrogens is 244 g/mol. The van der Waals surface area contributed by atoms with Gasteiger partial charge in [0.05, 0.1) is 11.4 Å². The third kappa shape index (κ3) is 4.24. The highest BCUT2D eigenvalue weighted by Crippen LogP contribution is 2.16. The maximum absolute atomic E-state index is 12.0. The second kappa shape index (κ2) is 7.78. The lowest BCUT2D eigenvalue weighted by atomic mass is 10.2. The highest BCUT2D eigenvalue weighted by Gasteiger charge is 2.18. The number of aromatic nitrogens is 2. The molecule has 108 valence electrons. The van der Waals surface area contributed by atoms with E-state index in [9.17, 15) is 4.79 Å². The predicted octanol–water partition coefficient (Wildman–Crippen LogP) is 1.11. The molecule has 0 aliphatic carbocycles. The van der Waals surface area contributed by atoms with Gasteiger partial charge in [0.15, 0.2) is 0 Å². The number of amides is 1. The first-order valence-corrected chi connectivity index (χ1v) is 6.79. The van der Waals surface area contributed by atoms with Gasteiger partial charge in [-0.15, -0.1) is 0 Å². The maximum Gasteiger partial charge on any atom is 0.271 e. The Bertz CT molecular complexity index is 415. The zero-order valence-corrected chi connectivity index (χ0v) is 12.0. The SMILES string of the molecule is CCCOCCCNC(=O)c1c(N)c(CC)nn1C. The Morgan fingerprint density at radius 2 is 2.16 bits per heavy atom. The third-order valence-corrected chi connectivity index (χ3v) is 2.81. The van der Waals surface area contributed by atoms with Crippen molar-refractivity contribution in [2.75, 3.05) is 25.5 Å². The van der Waals surface area contributed by atoms with Gasteiger partial charge in [0.2, 0.25) is 0 Å². The molecule has 1 heterocycles. The summed E-state index contributed by atoms with van der Waals surface area (Å²) in [4.78, 5) is 12.0. The van der Waals surface area contributed by atoms with Crippen LogP contribution in [-0.4, -0.2) is 35.4 Å². The van der Waals surface area contributed by atoms with Crippen LogP contribution in [0.1, 0.15) is 42.9 Å². The van der Waals surface area contributed by atoms with Crippen molar-refractivity contribution in [2.24, 2.45) is 7.05 Å². The molecule has 0 atom stereocenters. The summed E-state index contributed by atoms with van der Waals surface area (Å²) in [6.45, 7) is 6.04. The second-order valence-electron chi connectivity index (χ2n) is 4.41. The van der Waals surface area contributed by atoms with E-state index in [1.165, 1.54) is 4.68 Å². The molecule has 0 aliphatic heterocycles. The van der Waals surface area contributed by atoms with E-state index in [-0.39, 0.29) is 5.91 Å². The van der Waals surface area contributed by atoms with Crippen molar-refractivity contribution in [3.8, 4) is 0 Å². The number of nitrogen functional groups attached to an aromatic ring is 1. The molecule has 0 saturated carbocycles. The van der Waals surface area contributed by atoms with Crippen molar-refractivity contribution in [1.29, 1.82) is 0 Å². The average Bonchev–Trinajstić information content (AvgIpc) is 2.68. The van der Waals surface area contributed by atoms with E-state index < -0.39 is 0 Å². The molecule has 0 aliphatic rings. The fourth-order valence-electron chi connectivity index (χ4n) is 1.83. The van der Waals surface area contributed by atoms with Gasteiger partial charge in [0.25, 0.3) is 5.91 Å². The monoisotopic (exact) mass is 268 g/mol. The molecule has 3 N–H and O–H groups in total. The first-order valence-electron chi connectivity index (χ1n) is 6.79. The average molecular weight is 268 g/mol. The zero-order chi connectivity index (χ0) is 14.3. The summed E-state index contributed by atoms with van der Waals surface area (Å²) in [5, 5.41) is 7.06. The summed E-state index contributed by atoms with van der Waals surface area (Å²) in [5.41, 5.74) is 7.59. The van der Waals surface area contributed by atoms with Gasteiger partial charge in [-0.3, -0.25) is 9.48 Å². The molecule has 0 saturated heterocycles. The van der Waals surface area contributed by atoms with Crippen LogP contribution in [0.5, 0.6) is 0 Å². The summed E-state index contributed by atoms with van der Waals surface area (Å²) < 4.78 is 6.88. The van der Waals surface area contributed by atoms with E-state index in [1.807, 2.05) is 6.92 Å². The van der Waals surface area contributed by atoms with Crippen molar-refractivity contribution in [3.63, 3.8) is 0 Å². The molecule has 0 unspecified atom stereocenters. The van der Waals surface area contributed by atoms with Crippen LogP contribution in [0.25, 0.3) is 0 Å². The van der Waals surface area contributed by atoms with Gasteiger partial charge in [-0.25, -0.2) is 0 Å². The molecule has 6 nitrogen and oxygen atoms in total. The fourth-order valence-corrected chi connectivity index (χ4v) is 1.83. The first-order chi connectivity index (χ1) is 9.11. The Morgan fingerprint density at radius 3 is 2.74 bits per heavy atom. The minimum atomic E-state index is -0.178. The Morgan fingerprint density at radius 1 is 1.42 bits per heavy atom. The number of hydrogen-bond acceptors (Lipinski definition) is 4. The van der Waals surface area contributed by atoms with Gasteiger partial charge in [0.1, 0.15) is 5.69 Å². The van der Waals surface area contributed by atoms with Gasteiger partial charge >= 0.3 is 0 Å². The molecule has 0 bridgehead atoms. The number of anilines is 1. The van der Waals surface area contributed by atoms with Crippen molar-refractivity contribution in [1.82, 2.24) is 15.1 Å². The van der Waals surface area contributed by atoms with Gasteiger partial charge < -0.3 is 15.8 Å². The van der Waals surface area contributed by atoms with Crippen LogP contribution in [0.4, 0.5) is 5.69 Å². The molecule has 0 fully saturated rings. The Hall–Kier alpha value is -1.56. The molecule has 19 heavy (non-hydrogen) atoms. The van der Waals surface area contributed by atoms with Gasteiger partial charge in [0, 0.05) is 26.8 Å². The van der Waals surface area contributed by atoms with Crippen LogP contribution in [0.15, 0.2) is 0 Å². The topological polar surface area (TPSA) is 82.2 Å². The lowest BCUT2D eigenvalue weighted by Crippen LogP contribution is -2.28. The van der Waals surface area contributed by atoms with Crippen molar-refractivity contribution >= 4 is 11.6 Å². The van der Waals surface area contributed by atoms with E-state index in [1.54, 1.807) is 7.05 Å². The predicted molar refractivity (Wildman–Crippen MR) is 75.1 cm³/mol. The molecule has 6 heteroatoms. The van der Waals surface area contributed by atoms with Crippen LogP contribution in [-0.2, 0) is 18.2 Å². The summed E-state index contributed by atoms with van der Waals surface area (Å²) in [6.07, 6.45) is 2.53. The largest absolute Gasteiger partial charge is 0.395 e. The summed E-state index contributed by atoms with van der Waals surface area (Å²) in [7, 11) is 1.73. The third-order valence-electron chi connectivity index (χ3n) is 2.81. The minimum Gasteiger partial charge on any atom is -0.395 e. The van der Waals surface area contributed by atoms with Gasteiger partial charge in [-0.2, -0.15) is 5.10 Å². The number of nitrogens with zero attached hydrogens (tertiary/aromatic N) is 2. The van der Waals surface area contributed by atoms with Crippen LogP contribution in [0.2, 0.25) is 0 Å². The minimum absolute atomic E-state index is 0.178. The molecule has 1 aromatic rings. The van der Waals surface area contributed by atoms with Crippen molar-refractivity contribution in [2.45, 2.75) is 33.1 Å². The van der Waals surface area contributed by atoms with E-state index in [2.05, 4.69) is 17.3 Å². The summed E-state index contributed by atoms with van der Waals surface area (Å²) >= 11 is 0. The Kier molecular flexibility index (Phi) is 6.35. The molecule has 0 spiro atoms. The number of rotatable bonds is 8. The van der Waals surface area contributed by atoms with Crippen LogP contribution in [0, 0.1) is 0 Å². The van der Waals surface area contributed by atoms with E-state index in [0.717, 1.165) is 31.6 Å². The maximum atomic E-state index is 12.0. The van der Waals surface area contributed by atoms with Crippen LogP contribution in [0.3, 0.4) is 0 Å². The van der Waals surface area contributed by atoms with Gasteiger partial charge in [-0.1, -0.05) is 13.8 Å². The van der Waals surface area contributed by atoms with E-state index in [4.69, 9.17) is 10.5 Å². The summed E-state index contributed by atoms with van der Waals surface area (Å²) in [5.74, 6) is -0.178. The lowest BCUT2D eigenvalue weighted by Gasteiger charge is -2.06. The Balaban J connectivity index is 2.43. The smallest absolute Gasteiger partial charge is 0.271 e. The quantitative estimate of drug-likeness (QED) is 0.692. The highest BCUT2D eigenvalue weighted by molar-refractivity contribution is 5.97. The van der Waals surface area contributed by atoms with Crippen LogP contribution >= 0.6 is 0 Å². The van der Waals surface area contributed by atoms with Crippen molar-refractivity contribution < 1.29 is 9.53 Å². The number of hydrogen-bond donors (Lipinski definition) is 2. The van der Waals surface area contributed by atoms with E-state index >= 15 is 0 Å². The first kappa shape index (κ1) is 15.5. The summed E-state index contributed by atoms with van der Waals surface area (Å²) in [6, 6.07) is 0. The van der Waals surface area contributed by atoms with Crippen molar-refractivity contribution in [3.05, 3.63) is 11.4 Å². The fraction of sp³-hybridized carbons (Fsp3) is 0.692. The van der Waals surface area contributed by atoms with Gasteiger partial charge in [-0.05, 0) is 19.3 Å². The van der Waals surface area contributed by atoms with Crippen LogP contribution < -0.4 is 11.1 Å². The number of aryl methyl sites for hydroxylation is 2. The molecule has 1 aromatic heterocycles. The molecule has 0 aromatic carbocycles. The highest BCUT2D eigenvalue weighted by atomic mass is 16.5. The molecule has 1 amide bonds. The van der Waals surface area contributed by atoms with E-state index in [0.29, 0.717) is 24.5 Å². The lowest BCUT2D eigenvalue weighted by molar-refractivity contribution is 0.0933. The number of carbonyl (C=O) groups is 1. The number of nitrogens with one attached hydrogen (secondary N) is 1. The molecule has 1 rings (SSSR count). The second-order valence-corrected chi connectivity index (χ2v) is 4.41. The Labute approximate surface area is 114 Å². The number of carbonyl (C=O) groups excluding carboxylic acids is 1.